The summed E-state index contributed by atoms with van der Waals surface area (Å²) >= 11 is 0. The summed E-state index contributed by atoms with van der Waals surface area (Å²) in [6.07, 6.45) is 1.44. The molecule has 0 spiro atoms. The van der Waals surface area contributed by atoms with Crippen LogP contribution in [-0.2, 0) is 26.8 Å². The van der Waals surface area contributed by atoms with Crippen molar-refractivity contribution < 1.29 is 51.5 Å². The average molecular weight is 515 g/mol. The van der Waals surface area contributed by atoms with Crippen molar-refractivity contribution in [1.29, 1.82) is 0 Å². The molecule has 178 valence electrons. The quantitative estimate of drug-likeness (QED) is 0.170. The first-order chi connectivity index (χ1) is 14.6. The Morgan fingerprint density at radius 3 is 2.41 bits per heavy atom. The van der Waals surface area contributed by atoms with Gasteiger partial charge >= 0.3 is 23.5 Å². The van der Waals surface area contributed by atoms with Gasteiger partial charge in [-0.25, -0.2) is 18.7 Å². The maximum Gasteiger partial charge on any atom is 0.490 e. The van der Waals surface area contributed by atoms with Crippen LogP contribution in [0, 0.1) is 11.8 Å². The maximum absolute atomic E-state index is 11.9. The Morgan fingerprint density at radius 1 is 1.16 bits per heavy atom. The highest BCUT2D eigenvalue weighted by atomic mass is 31.3. The van der Waals surface area contributed by atoms with Crippen molar-refractivity contribution in [3.63, 3.8) is 0 Å². The van der Waals surface area contributed by atoms with Crippen LogP contribution in [0.15, 0.2) is 30.1 Å². The Balaban J connectivity index is 1.70. The van der Waals surface area contributed by atoms with E-state index in [1.54, 1.807) is 4.57 Å². The largest absolute Gasteiger partial charge is 0.490 e. The molecule has 19 heteroatoms. The van der Waals surface area contributed by atoms with E-state index in [0.29, 0.717) is 22.8 Å². The molecule has 1 aromatic heterocycles. The molecule has 1 fully saturated rings. The molecule has 32 heavy (non-hydrogen) atoms. The summed E-state index contributed by atoms with van der Waals surface area (Å²) in [6.45, 7) is 6.69. The number of phosphoric acid groups is 3. The van der Waals surface area contributed by atoms with Gasteiger partial charge in [-0.05, 0) is 5.57 Å². The summed E-state index contributed by atoms with van der Waals surface area (Å²) in [6, 6.07) is -0.534. The second-order valence-electron chi connectivity index (χ2n) is 6.78. The summed E-state index contributed by atoms with van der Waals surface area (Å²) in [5.74, 6) is -0.840. The van der Waals surface area contributed by atoms with Gasteiger partial charge in [0.25, 0.3) is 0 Å². The predicted molar refractivity (Wildman–Crippen MR) is 108 cm³/mol. The number of aromatic nitrogens is 2. The molecule has 0 radical (unpaired) electrons. The van der Waals surface area contributed by atoms with Crippen molar-refractivity contribution >= 4 is 40.9 Å². The Labute approximate surface area is 180 Å². The molecule has 0 bridgehead atoms. The minimum Gasteiger partial charge on any atom is -0.396 e. The van der Waals surface area contributed by atoms with Crippen LogP contribution < -0.4 is 11.1 Å². The lowest BCUT2D eigenvalue weighted by Gasteiger charge is -2.47. The average Bonchev–Trinajstić information content (AvgIpc) is 2.99. The van der Waals surface area contributed by atoms with Gasteiger partial charge in [0.05, 0.1) is 24.7 Å². The molecular formula is C13H20N5O11P3. The SMILES string of the molecule is C=C1NC(N)=Nc2c1ncn2[C@@H]1C(=C)[C@H](COP(=O)(O)OP(=O)(O)OP(=O)(O)O)[C@H]1CO. The number of guanidine groups is 1. The van der Waals surface area contributed by atoms with E-state index >= 15 is 0 Å². The second kappa shape index (κ2) is 8.60. The molecule has 0 amide bonds. The fourth-order valence-corrected chi connectivity index (χ4v) is 6.47. The first-order valence-electron chi connectivity index (χ1n) is 8.59. The van der Waals surface area contributed by atoms with Gasteiger partial charge in [-0.15, -0.1) is 0 Å². The second-order valence-corrected chi connectivity index (χ2v) is 11.2. The molecular weight excluding hydrogens is 495 g/mol. The van der Waals surface area contributed by atoms with Crippen molar-refractivity contribution in [3.05, 3.63) is 30.8 Å². The molecule has 16 nitrogen and oxygen atoms in total. The number of aliphatic imine (C=N–C) groups is 1. The standard InChI is InChI=1S/C13H20N5O11P3/c1-6-9(4-27-31(23,24)29-32(25,26)28-30(20,21)22)8(3-19)11(6)18-5-15-10-7(2)16-13(14)17-12(10)18/h5,8-9,11,19H,1-4H2,(H,23,24)(H,25,26)(H3,14,16,17)(H2,20,21,22)/t8-,9+,11-/m1/s1. The van der Waals surface area contributed by atoms with Crippen LogP contribution in [0.25, 0.3) is 5.70 Å². The van der Waals surface area contributed by atoms with Crippen LogP contribution in [-0.4, -0.2) is 53.4 Å². The monoisotopic (exact) mass is 515 g/mol. The molecule has 1 saturated carbocycles. The normalized spacial score (nSPS) is 26.9. The van der Waals surface area contributed by atoms with Crippen molar-refractivity contribution in [1.82, 2.24) is 14.9 Å². The molecule has 0 aromatic carbocycles. The maximum atomic E-state index is 11.9. The summed E-state index contributed by atoms with van der Waals surface area (Å²) in [4.78, 5) is 44.3. The summed E-state index contributed by atoms with van der Waals surface area (Å²) in [5.41, 5.74) is 7.00. The number of nitrogens with one attached hydrogen (secondary N) is 1. The Bertz CT molecular complexity index is 1130. The van der Waals surface area contributed by atoms with Crippen molar-refractivity contribution in [3.8, 4) is 0 Å². The molecule has 2 unspecified atom stereocenters. The van der Waals surface area contributed by atoms with Crippen LogP contribution in [0.5, 0.6) is 0 Å². The highest BCUT2D eigenvalue weighted by Crippen LogP contribution is 2.66. The molecule has 3 rings (SSSR count). The molecule has 0 saturated heterocycles. The van der Waals surface area contributed by atoms with Gasteiger partial charge in [0, 0.05) is 18.4 Å². The van der Waals surface area contributed by atoms with Crippen molar-refractivity contribution in [2.24, 2.45) is 22.6 Å². The number of rotatable bonds is 9. The van der Waals surface area contributed by atoms with Gasteiger partial charge in [0.1, 0.15) is 5.69 Å². The van der Waals surface area contributed by atoms with E-state index in [2.05, 4.69) is 41.6 Å². The zero-order valence-corrected chi connectivity index (χ0v) is 18.8. The molecule has 5 atom stereocenters. The third-order valence-electron chi connectivity index (χ3n) is 4.68. The summed E-state index contributed by atoms with van der Waals surface area (Å²) in [5, 5.41) is 12.5. The molecule has 8 N–H and O–H groups in total. The highest BCUT2D eigenvalue weighted by molar-refractivity contribution is 7.66. The molecule has 1 aromatic rings. The van der Waals surface area contributed by atoms with E-state index in [-0.39, 0.29) is 5.96 Å². The third kappa shape index (κ3) is 5.28. The van der Waals surface area contributed by atoms with E-state index < -0.39 is 54.6 Å². The van der Waals surface area contributed by atoms with E-state index in [4.69, 9.17) is 15.5 Å². The molecule has 1 aliphatic carbocycles. The first-order valence-corrected chi connectivity index (χ1v) is 13.1. The zero-order chi connectivity index (χ0) is 24.1. The molecule has 1 aliphatic heterocycles. The first kappa shape index (κ1) is 25.0. The number of phosphoric ester groups is 1. The van der Waals surface area contributed by atoms with E-state index in [0.717, 1.165) is 0 Å². The fourth-order valence-electron chi connectivity index (χ4n) is 3.43. The van der Waals surface area contributed by atoms with Crippen LogP contribution in [0.1, 0.15) is 11.7 Å². The van der Waals surface area contributed by atoms with E-state index in [1.807, 2.05) is 0 Å². The Kier molecular flexibility index (Phi) is 6.71. The van der Waals surface area contributed by atoms with Crippen LogP contribution in [0.2, 0.25) is 0 Å². The zero-order valence-electron chi connectivity index (χ0n) is 16.1. The number of nitrogens with zero attached hydrogens (tertiary/aromatic N) is 3. The van der Waals surface area contributed by atoms with Crippen molar-refractivity contribution in [2.45, 2.75) is 6.04 Å². The number of nitrogens with two attached hydrogens (primary N) is 1. The van der Waals surface area contributed by atoms with Crippen LogP contribution in [0.4, 0.5) is 5.82 Å². The van der Waals surface area contributed by atoms with Gasteiger partial charge in [0.2, 0.25) is 0 Å². The van der Waals surface area contributed by atoms with Gasteiger partial charge in [0.15, 0.2) is 11.8 Å². The number of aliphatic hydroxyl groups excluding tert-OH is 1. The number of hydrogen-bond donors (Lipinski definition) is 7. The van der Waals surface area contributed by atoms with Crippen LogP contribution in [0.3, 0.4) is 0 Å². The van der Waals surface area contributed by atoms with Gasteiger partial charge < -0.3 is 40.3 Å². The lowest BCUT2D eigenvalue weighted by molar-refractivity contribution is 0.0494. The smallest absolute Gasteiger partial charge is 0.396 e. The topological polar surface area (TPSA) is 248 Å². The Morgan fingerprint density at radius 2 is 1.81 bits per heavy atom. The van der Waals surface area contributed by atoms with E-state index in [9.17, 15) is 28.6 Å². The number of aliphatic hydroxyl groups is 1. The Hall–Kier alpha value is -1.67. The third-order valence-corrected chi connectivity index (χ3v) is 8.48. The number of fused-ring (bicyclic) bond motifs is 1. The van der Waals surface area contributed by atoms with Crippen molar-refractivity contribution in [2.75, 3.05) is 13.2 Å². The van der Waals surface area contributed by atoms with Crippen LogP contribution >= 0.6 is 23.5 Å². The minimum atomic E-state index is -5.63. The van der Waals surface area contributed by atoms with Gasteiger partial charge in [-0.2, -0.15) is 13.6 Å². The van der Waals surface area contributed by atoms with Gasteiger partial charge in [-0.3, -0.25) is 4.52 Å². The predicted octanol–water partition coefficient (Wildman–Crippen LogP) is 0.0821. The number of imidazole rings is 1. The molecule has 2 heterocycles. The highest BCUT2D eigenvalue weighted by Gasteiger charge is 2.48. The summed E-state index contributed by atoms with van der Waals surface area (Å²) in [7, 11) is -16.4. The summed E-state index contributed by atoms with van der Waals surface area (Å²) < 4.78 is 47.6. The lowest BCUT2D eigenvalue weighted by Crippen LogP contribution is -2.45. The minimum absolute atomic E-state index is 0.0824. The van der Waals surface area contributed by atoms with Gasteiger partial charge in [-0.1, -0.05) is 13.2 Å². The molecule has 2 aliphatic rings. The van der Waals surface area contributed by atoms with E-state index in [1.165, 1.54) is 6.33 Å². The lowest BCUT2D eigenvalue weighted by atomic mass is 9.66. The number of hydrogen-bond acceptors (Lipinski definition) is 11. The fraction of sp³-hybridized carbons (Fsp3) is 0.385.